The minimum Gasteiger partial charge on any atom is -0.336 e. The molecule has 0 saturated carbocycles. The lowest BCUT2D eigenvalue weighted by Crippen LogP contribution is -2.27. The van der Waals surface area contributed by atoms with Crippen LogP contribution in [0.1, 0.15) is 21.7 Å². The van der Waals surface area contributed by atoms with Crippen LogP contribution in [0.3, 0.4) is 0 Å². The molecule has 0 aliphatic carbocycles. The van der Waals surface area contributed by atoms with E-state index in [2.05, 4.69) is 15.3 Å². The molecule has 0 radical (unpaired) electrons. The number of hydrogen-bond donors (Lipinski definition) is 1. The normalized spacial score (nSPS) is 10.6. The number of carbonyl (C=O) groups is 1. The van der Waals surface area contributed by atoms with E-state index in [4.69, 9.17) is 0 Å². The fraction of sp³-hybridized carbons (Fsp3) is 0.364. The van der Waals surface area contributed by atoms with Crippen molar-refractivity contribution in [2.45, 2.75) is 13.5 Å². The fourth-order valence-corrected chi connectivity index (χ4v) is 1.90. The Labute approximate surface area is 114 Å². The highest BCUT2D eigenvalue weighted by Crippen LogP contribution is 2.17. The molecule has 0 fully saturated rings. The lowest BCUT2D eigenvalue weighted by atomic mass is 10.2. The summed E-state index contributed by atoms with van der Waals surface area (Å²) in [6.45, 7) is 2.15. The molecule has 2 aromatic heterocycles. The van der Waals surface area contributed by atoms with Crippen LogP contribution in [0, 0.1) is 17.0 Å². The number of nitro groups is 1. The Morgan fingerprint density at radius 2 is 2.30 bits per heavy atom. The first-order chi connectivity index (χ1) is 9.40. The maximum Gasteiger partial charge on any atom is 0.319 e. The summed E-state index contributed by atoms with van der Waals surface area (Å²) < 4.78 is 1.65. The van der Waals surface area contributed by atoms with E-state index in [0.717, 1.165) is 17.5 Å². The van der Waals surface area contributed by atoms with Crippen LogP contribution in [0.5, 0.6) is 0 Å². The average Bonchev–Trinajstić information content (AvgIpc) is 2.95. The third-order valence-electron chi connectivity index (χ3n) is 2.90. The van der Waals surface area contributed by atoms with Gasteiger partial charge >= 0.3 is 5.69 Å². The summed E-state index contributed by atoms with van der Waals surface area (Å²) in [5.41, 5.74) is 1.24. The number of aromatic nitrogens is 4. The van der Waals surface area contributed by atoms with Gasteiger partial charge in [0.2, 0.25) is 5.69 Å². The molecule has 9 heteroatoms. The van der Waals surface area contributed by atoms with E-state index >= 15 is 0 Å². The first-order valence-corrected chi connectivity index (χ1v) is 5.82. The molecule has 0 bridgehead atoms. The van der Waals surface area contributed by atoms with E-state index in [1.54, 1.807) is 25.0 Å². The second kappa shape index (κ2) is 5.11. The zero-order valence-corrected chi connectivity index (χ0v) is 11.3. The molecule has 2 rings (SSSR count). The Morgan fingerprint density at radius 3 is 2.85 bits per heavy atom. The summed E-state index contributed by atoms with van der Waals surface area (Å²) in [4.78, 5) is 23.7. The number of hydrogen-bond acceptors (Lipinski definition) is 5. The smallest absolute Gasteiger partial charge is 0.319 e. The van der Waals surface area contributed by atoms with Gasteiger partial charge < -0.3 is 4.90 Å². The van der Waals surface area contributed by atoms with Crippen LogP contribution < -0.4 is 0 Å². The number of amides is 1. The topological polar surface area (TPSA) is 110 Å². The average molecular weight is 278 g/mol. The van der Waals surface area contributed by atoms with Crippen LogP contribution in [-0.2, 0) is 13.6 Å². The highest BCUT2D eigenvalue weighted by Gasteiger charge is 2.25. The highest BCUT2D eigenvalue weighted by molar-refractivity contribution is 5.95. The quantitative estimate of drug-likeness (QED) is 0.651. The molecule has 2 heterocycles. The Balaban J connectivity index is 2.18. The molecule has 0 unspecified atom stereocenters. The Kier molecular flexibility index (Phi) is 3.51. The van der Waals surface area contributed by atoms with E-state index < -0.39 is 10.8 Å². The Bertz CT molecular complexity index is 659. The van der Waals surface area contributed by atoms with Gasteiger partial charge in [-0.05, 0) is 6.92 Å². The van der Waals surface area contributed by atoms with E-state index in [1.807, 2.05) is 6.92 Å². The maximum atomic E-state index is 12.2. The van der Waals surface area contributed by atoms with Crippen molar-refractivity contribution in [3.8, 4) is 0 Å². The third kappa shape index (κ3) is 2.51. The molecular weight excluding hydrogens is 264 g/mol. The number of nitrogens with zero attached hydrogens (tertiary/aromatic N) is 5. The maximum absolute atomic E-state index is 12.2. The summed E-state index contributed by atoms with van der Waals surface area (Å²) >= 11 is 0. The van der Waals surface area contributed by atoms with Crippen LogP contribution in [0.25, 0.3) is 0 Å². The van der Waals surface area contributed by atoms with Gasteiger partial charge in [-0.1, -0.05) is 0 Å². The lowest BCUT2D eigenvalue weighted by Gasteiger charge is -2.15. The first-order valence-electron chi connectivity index (χ1n) is 5.82. The van der Waals surface area contributed by atoms with Gasteiger partial charge in [-0.15, -0.1) is 0 Å². The molecule has 20 heavy (non-hydrogen) atoms. The van der Waals surface area contributed by atoms with Gasteiger partial charge in [-0.3, -0.25) is 24.7 Å². The molecule has 2 aromatic rings. The Hall–Kier alpha value is -2.71. The van der Waals surface area contributed by atoms with Crippen molar-refractivity contribution < 1.29 is 9.72 Å². The predicted molar refractivity (Wildman–Crippen MR) is 69.0 cm³/mol. The molecule has 1 amide bonds. The van der Waals surface area contributed by atoms with Crippen molar-refractivity contribution in [1.29, 1.82) is 0 Å². The second-order valence-corrected chi connectivity index (χ2v) is 4.46. The van der Waals surface area contributed by atoms with Gasteiger partial charge in [0.25, 0.3) is 5.91 Å². The van der Waals surface area contributed by atoms with Crippen molar-refractivity contribution in [3.05, 3.63) is 39.5 Å². The standard InChI is InChI=1S/C11H14N6O3/c1-7-8(6-16(3)14-7)5-15(2)11(18)10-9(17(19)20)4-12-13-10/h4,6H,5H2,1-3H3,(H,12,13). The van der Waals surface area contributed by atoms with Crippen molar-refractivity contribution >= 4 is 11.6 Å². The van der Waals surface area contributed by atoms with Crippen LogP contribution in [0.2, 0.25) is 0 Å². The molecule has 0 aliphatic rings. The van der Waals surface area contributed by atoms with Gasteiger partial charge in [0, 0.05) is 32.4 Å². The summed E-state index contributed by atoms with van der Waals surface area (Å²) in [5, 5.41) is 20.9. The molecule has 0 saturated heterocycles. The van der Waals surface area contributed by atoms with Crippen molar-refractivity contribution in [1.82, 2.24) is 24.9 Å². The minimum atomic E-state index is -0.639. The summed E-state index contributed by atoms with van der Waals surface area (Å²) in [7, 11) is 3.36. The molecule has 106 valence electrons. The van der Waals surface area contributed by atoms with E-state index in [1.165, 1.54) is 4.90 Å². The van der Waals surface area contributed by atoms with Gasteiger partial charge in [0.05, 0.1) is 10.6 Å². The Morgan fingerprint density at radius 1 is 1.60 bits per heavy atom. The first kappa shape index (κ1) is 13.7. The molecular formula is C11H14N6O3. The number of carbonyl (C=O) groups excluding carboxylic acids is 1. The van der Waals surface area contributed by atoms with Gasteiger partial charge in [0.15, 0.2) is 0 Å². The zero-order valence-electron chi connectivity index (χ0n) is 11.3. The van der Waals surface area contributed by atoms with Crippen molar-refractivity contribution in [3.63, 3.8) is 0 Å². The molecule has 0 aromatic carbocycles. The highest BCUT2D eigenvalue weighted by atomic mass is 16.6. The predicted octanol–water partition coefficient (Wildman–Crippen LogP) is 0.632. The lowest BCUT2D eigenvalue weighted by molar-refractivity contribution is -0.385. The van der Waals surface area contributed by atoms with Crippen LogP contribution in [0.4, 0.5) is 5.69 Å². The molecule has 1 N–H and O–H groups in total. The zero-order chi connectivity index (χ0) is 14.9. The third-order valence-corrected chi connectivity index (χ3v) is 2.90. The monoisotopic (exact) mass is 278 g/mol. The molecule has 0 spiro atoms. The number of aromatic amines is 1. The number of rotatable bonds is 4. The van der Waals surface area contributed by atoms with E-state index in [-0.39, 0.29) is 11.4 Å². The molecule has 0 atom stereocenters. The summed E-state index contributed by atoms with van der Waals surface area (Å²) in [6, 6.07) is 0. The van der Waals surface area contributed by atoms with E-state index in [0.29, 0.717) is 6.54 Å². The van der Waals surface area contributed by atoms with Crippen LogP contribution >= 0.6 is 0 Å². The number of nitrogens with one attached hydrogen (secondary N) is 1. The summed E-state index contributed by atoms with van der Waals surface area (Å²) in [5.74, 6) is -0.488. The van der Waals surface area contributed by atoms with Crippen LogP contribution in [0.15, 0.2) is 12.4 Å². The van der Waals surface area contributed by atoms with Crippen molar-refractivity contribution in [2.75, 3.05) is 7.05 Å². The van der Waals surface area contributed by atoms with Crippen LogP contribution in [-0.4, -0.2) is 42.8 Å². The second-order valence-electron chi connectivity index (χ2n) is 4.46. The number of H-pyrrole nitrogens is 1. The van der Waals surface area contributed by atoms with Crippen molar-refractivity contribution in [2.24, 2.45) is 7.05 Å². The van der Waals surface area contributed by atoms with E-state index in [9.17, 15) is 14.9 Å². The number of aryl methyl sites for hydroxylation is 2. The van der Waals surface area contributed by atoms with Gasteiger partial charge in [-0.2, -0.15) is 10.2 Å². The SMILES string of the molecule is Cc1nn(C)cc1CN(C)C(=O)c1[nH]ncc1[N+](=O)[O-]. The van der Waals surface area contributed by atoms with Gasteiger partial charge in [0.1, 0.15) is 6.20 Å². The molecule has 9 nitrogen and oxygen atoms in total. The minimum absolute atomic E-state index is 0.126. The molecule has 0 aliphatic heterocycles. The van der Waals surface area contributed by atoms with Gasteiger partial charge in [-0.25, -0.2) is 0 Å². The largest absolute Gasteiger partial charge is 0.336 e. The summed E-state index contributed by atoms with van der Waals surface area (Å²) in [6.07, 6.45) is 2.83. The fourth-order valence-electron chi connectivity index (χ4n) is 1.90.